The first kappa shape index (κ1) is 14.7. The third-order valence-electron chi connectivity index (χ3n) is 2.80. The summed E-state index contributed by atoms with van der Waals surface area (Å²) in [5, 5.41) is 8.93. The molecule has 1 aromatic heterocycles. The third kappa shape index (κ3) is 4.44. The van der Waals surface area contributed by atoms with Crippen LogP contribution in [0.2, 0.25) is 0 Å². The first-order valence-electron chi connectivity index (χ1n) is 6.23. The predicted molar refractivity (Wildman–Crippen MR) is 75.3 cm³/mol. The van der Waals surface area contributed by atoms with E-state index in [1.165, 1.54) is 0 Å². The van der Waals surface area contributed by atoms with Gasteiger partial charge in [0.05, 0.1) is 12.4 Å². The lowest BCUT2D eigenvalue weighted by molar-refractivity contribution is 0.282. The molecule has 0 aliphatic heterocycles. The van der Waals surface area contributed by atoms with Crippen LogP contribution >= 0.6 is 0 Å². The van der Waals surface area contributed by atoms with Gasteiger partial charge in [-0.2, -0.15) is 0 Å². The number of sulfonamides is 1. The maximum atomic E-state index is 11.9. The summed E-state index contributed by atoms with van der Waals surface area (Å²) in [7, 11) is -3.36. The van der Waals surface area contributed by atoms with E-state index in [0.717, 1.165) is 11.4 Å². The molecule has 2 rings (SSSR count). The van der Waals surface area contributed by atoms with Crippen molar-refractivity contribution in [2.45, 2.75) is 18.8 Å². The molecule has 0 radical (unpaired) electrons. The zero-order valence-corrected chi connectivity index (χ0v) is 11.7. The molecule has 0 aliphatic rings. The number of nitrogens with zero attached hydrogens (tertiary/aromatic N) is 1. The van der Waals surface area contributed by atoms with Crippen LogP contribution in [-0.2, 0) is 28.8 Å². The van der Waals surface area contributed by atoms with Gasteiger partial charge in [0, 0.05) is 25.4 Å². The molecule has 3 N–H and O–H groups in total. The van der Waals surface area contributed by atoms with Gasteiger partial charge in [-0.15, -0.1) is 0 Å². The van der Waals surface area contributed by atoms with Gasteiger partial charge in [-0.25, -0.2) is 18.1 Å². The van der Waals surface area contributed by atoms with E-state index in [0.29, 0.717) is 18.5 Å². The van der Waals surface area contributed by atoms with Crippen LogP contribution in [0.3, 0.4) is 0 Å². The molecule has 0 amide bonds. The Morgan fingerprint density at radius 3 is 2.50 bits per heavy atom. The summed E-state index contributed by atoms with van der Waals surface area (Å²) >= 11 is 0. The first-order chi connectivity index (χ1) is 9.59. The average molecular weight is 295 g/mol. The smallest absolute Gasteiger partial charge is 0.215 e. The molecular weight excluding hydrogens is 278 g/mol. The SMILES string of the molecule is O=S(=O)(Cc1ccc(CO)cc1)NCCc1ncc[nH]1. The fourth-order valence-electron chi connectivity index (χ4n) is 1.77. The number of hydrogen-bond donors (Lipinski definition) is 3. The second-order valence-corrected chi connectivity index (χ2v) is 6.22. The summed E-state index contributed by atoms with van der Waals surface area (Å²) in [5.41, 5.74) is 1.45. The summed E-state index contributed by atoms with van der Waals surface area (Å²) in [5.74, 6) is 0.677. The van der Waals surface area contributed by atoms with Gasteiger partial charge in [-0.3, -0.25) is 0 Å². The van der Waals surface area contributed by atoms with Crippen molar-refractivity contribution in [1.82, 2.24) is 14.7 Å². The lowest BCUT2D eigenvalue weighted by atomic mass is 10.2. The van der Waals surface area contributed by atoms with Crippen LogP contribution in [0.5, 0.6) is 0 Å². The molecule has 0 unspecified atom stereocenters. The summed E-state index contributed by atoms with van der Waals surface area (Å²) in [4.78, 5) is 6.94. The molecule has 0 spiro atoms. The summed E-state index contributed by atoms with van der Waals surface area (Å²) in [6, 6.07) is 6.84. The van der Waals surface area contributed by atoms with Crippen molar-refractivity contribution < 1.29 is 13.5 Å². The fraction of sp³-hybridized carbons (Fsp3) is 0.308. The zero-order chi connectivity index (χ0) is 14.4. The number of rotatable bonds is 7. The summed E-state index contributed by atoms with van der Waals surface area (Å²) < 4.78 is 26.3. The molecular formula is C13H17N3O3S. The van der Waals surface area contributed by atoms with Crippen molar-refractivity contribution in [3.05, 3.63) is 53.6 Å². The zero-order valence-electron chi connectivity index (χ0n) is 10.9. The molecule has 0 saturated heterocycles. The molecule has 7 heteroatoms. The van der Waals surface area contributed by atoms with E-state index in [2.05, 4.69) is 14.7 Å². The van der Waals surface area contributed by atoms with Gasteiger partial charge in [0.15, 0.2) is 0 Å². The van der Waals surface area contributed by atoms with Crippen molar-refractivity contribution in [3.63, 3.8) is 0 Å². The molecule has 20 heavy (non-hydrogen) atoms. The Bertz CT molecular complexity index is 621. The largest absolute Gasteiger partial charge is 0.392 e. The highest BCUT2D eigenvalue weighted by atomic mass is 32.2. The number of aromatic amines is 1. The molecule has 0 saturated carbocycles. The molecule has 2 aromatic rings. The number of aliphatic hydroxyl groups is 1. The minimum absolute atomic E-state index is 0.0472. The molecule has 6 nitrogen and oxygen atoms in total. The van der Waals surface area contributed by atoms with Crippen molar-refractivity contribution >= 4 is 10.0 Å². The second kappa shape index (κ2) is 6.65. The van der Waals surface area contributed by atoms with Crippen LogP contribution in [0.4, 0.5) is 0 Å². The van der Waals surface area contributed by atoms with E-state index in [-0.39, 0.29) is 12.4 Å². The van der Waals surface area contributed by atoms with Gasteiger partial charge in [0.2, 0.25) is 10.0 Å². The van der Waals surface area contributed by atoms with Gasteiger partial charge in [-0.1, -0.05) is 24.3 Å². The lowest BCUT2D eigenvalue weighted by Crippen LogP contribution is -2.27. The number of hydrogen-bond acceptors (Lipinski definition) is 4. The Morgan fingerprint density at radius 2 is 1.90 bits per heavy atom. The normalized spacial score (nSPS) is 11.7. The van der Waals surface area contributed by atoms with Crippen LogP contribution in [-0.4, -0.2) is 30.0 Å². The number of nitrogens with one attached hydrogen (secondary N) is 2. The highest BCUT2D eigenvalue weighted by Crippen LogP contribution is 2.07. The average Bonchev–Trinajstić information content (AvgIpc) is 2.92. The van der Waals surface area contributed by atoms with Crippen LogP contribution in [0.1, 0.15) is 17.0 Å². The van der Waals surface area contributed by atoms with Crippen LogP contribution in [0.25, 0.3) is 0 Å². The Hall–Kier alpha value is -1.70. The van der Waals surface area contributed by atoms with Gasteiger partial charge in [-0.05, 0) is 11.1 Å². The first-order valence-corrected chi connectivity index (χ1v) is 7.88. The lowest BCUT2D eigenvalue weighted by Gasteiger charge is -2.06. The highest BCUT2D eigenvalue weighted by molar-refractivity contribution is 7.88. The Balaban J connectivity index is 1.86. The molecule has 0 atom stereocenters. The quantitative estimate of drug-likeness (QED) is 0.695. The molecule has 1 heterocycles. The van der Waals surface area contributed by atoms with E-state index in [9.17, 15) is 8.42 Å². The molecule has 0 fully saturated rings. The van der Waals surface area contributed by atoms with E-state index in [1.54, 1.807) is 36.7 Å². The Kier molecular flexibility index (Phi) is 4.89. The molecule has 1 aromatic carbocycles. The van der Waals surface area contributed by atoms with Gasteiger partial charge in [0.1, 0.15) is 5.82 Å². The van der Waals surface area contributed by atoms with Crippen LogP contribution in [0.15, 0.2) is 36.7 Å². The van der Waals surface area contributed by atoms with Gasteiger partial charge >= 0.3 is 0 Å². The minimum Gasteiger partial charge on any atom is -0.392 e. The third-order valence-corrected chi connectivity index (χ3v) is 4.16. The topological polar surface area (TPSA) is 95.1 Å². The standard InChI is InChI=1S/C13H17N3O3S/c17-9-11-1-3-12(4-2-11)10-20(18,19)16-6-5-13-14-7-8-15-13/h1-4,7-8,16-17H,5-6,9-10H2,(H,14,15). The number of aliphatic hydroxyl groups excluding tert-OH is 1. The predicted octanol–water partition coefficient (Wildman–Crippen LogP) is 0.564. The van der Waals surface area contributed by atoms with Gasteiger partial charge in [0.25, 0.3) is 0 Å². The van der Waals surface area contributed by atoms with E-state index in [4.69, 9.17) is 5.11 Å². The van der Waals surface area contributed by atoms with Crippen molar-refractivity contribution in [2.75, 3.05) is 6.54 Å². The van der Waals surface area contributed by atoms with E-state index >= 15 is 0 Å². The Labute approximate surface area is 117 Å². The summed E-state index contributed by atoms with van der Waals surface area (Å²) in [6.45, 7) is 0.263. The number of aromatic nitrogens is 2. The van der Waals surface area contributed by atoms with Crippen molar-refractivity contribution in [2.24, 2.45) is 0 Å². The van der Waals surface area contributed by atoms with Crippen LogP contribution in [0, 0.1) is 0 Å². The molecule has 0 aliphatic carbocycles. The number of benzene rings is 1. The van der Waals surface area contributed by atoms with Crippen molar-refractivity contribution in [1.29, 1.82) is 0 Å². The van der Waals surface area contributed by atoms with E-state index in [1.807, 2.05) is 0 Å². The van der Waals surface area contributed by atoms with Crippen molar-refractivity contribution in [3.8, 4) is 0 Å². The minimum atomic E-state index is -3.36. The molecule has 108 valence electrons. The summed E-state index contributed by atoms with van der Waals surface area (Å²) in [6.07, 6.45) is 3.86. The number of imidazole rings is 1. The second-order valence-electron chi connectivity index (χ2n) is 4.41. The highest BCUT2D eigenvalue weighted by Gasteiger charge is 2.11. The molecule has 0 bridgehead atoms. The fourth-order valence-corrected chi connectivity index (χ4v) is 2.92. The van der Waals surface area contributed by atoms with E-state index < -0.39 is 10.0 Å². The Morgan fingerprint density at radius 1 is 1.20 bits per heavy atom. The van der Waals surface area contributed by atoms with Gasteiger partial charge < -0.3 is 10.1 Å². The maximum Gasteiger partial charge on any atom is 0.215 e. The monoisotopic (exact) mass is 295 g/mol. The number of H-pyrrole nitrogens is 1. The van der Waals surface area contributed by atoms with Crippen LogP contribution < -0.4 is 4.72 Å². The maximum absolute atomic E-state index is 11.9.